The number of anilines is 1. The molecular weight excluding hydrogens is 266 g/mol. The molecule has 1 amide bonds. The van der Waals surface area contributed by atoms with Gasteiger partial charge in [-0.3, -0.25) is 14.8 Å². The number of carbonyl (C=O) groups is 1. The number of aromatic nitrogens is 3. The van der Waals surface area contributed by atoms with Crippen LogP contribution in [0.1, 0.15) is 25.0 Å². The topological polar surface area (TPSA) is 72.2 Å². The summed E-state index contributed by atoms with van der Waals surface area (Å²) in [6.07, 6.45) is 9.86. The maximum Gasteiger partial charge on any atom is 0.222 e. The number of pyridine rings is 1. The average Bonchev–Trinajstić information content (AvgIpc) is 2.92. The minimum absolute atomic E-state index is 0.127. The Morgan fingerprint density at radius 2 is 2.19 bits per heavy atom. The van der Waals surface area contributed by atoms with Gasteiger partial charge in [-0.15, -0.1) is 0 Å². The van der Waals surface area contributed by atoms with E-state index in [9.17, 15) is 4.79 Å². The third-order valence-electron chi connectivity index (χ3n) is 3.19. The van der Waals surface area contributed by atoms with Crippen molar-refractivity contribution in [2.45, 2.75) is 19.3 Å². The predicted molar refractivity (Wildman–Crippen MR) is 80.7 cm³/mol. The average molecular weight is 281 g/mol. The van der Waals surface area contributed by atoms with Gasteiger partial charge in [0.05, 0.1) is 11.4 Å². The molecule has 0 saturated carbocycles. The van der Waals surface area contributed by atoms with Crippen molar-refractivity contribution in [2.24, 2.45) is 4.99 Å². The lowest BCUT2D eigenvalue weighted by Crippen LogP contribution is -2.11. The fraction of sp³-hybridized carbons (Fsp3) is 0.200. The molecule has 6 nitrogen and oxygen atoms in total. The van der Waals surface area contributed by atoms with Gasteiger partial charge in [-0.05, 0) is 18.6 Å². The highest BCUT2D eigenvalue weighted by atomic mass is 16.1. The molecule has 1 atom stereocenters. The van der Waals surface area contributed by atoms with Crippen LogP contribution in [-0.4, -0.2) is 26.9 Å². The van der Waals surface area contributed by atoms with E-state index in [0.29, 0.717) is 5.82 Å². The molecule has 1 unspecified atom stereocenters. The highest BCUT2D eigenvalue weighted by Crippen LogP contribution is 2.26. The zero-order chi connectivity index (χ0) is 14.7. The first-order chi connectivity index (χ1) is 10.2. The van der Waals surface area contributed by atoms with Crippen molar-refractivity contribution in [3.63, 3.8) is 0 Å². The van der Waals surface area contributed by atoms with Crippen LogP contribution in [0.2, 0.25) is 0 Å². The normalized spacial score (nSPS) is 16.9. The zero-order valence-corrected chi connectivity index (χ0v) is 11.6. The van der Waals surface area contributed by atoms with E-state index in [2.05, 4.69) is 20.4 Å². The number of hydrogen-bond acceptors (Lipinski definition) is 4. The summed E-state index contributed by atoms with van der Waals surface area (Å²) in [6.45, 7) is 1.48. The monoisotopic (exact) mass is 281 g/mol. The van der Waals surface area contributed by atoms with E-state index >= 15 is 0 Å². The summed E-state index contributed by atoms with van der Waals surface area (Å²) < 4.78 is 1.72. The van der Waals surface area contributed by atoms with Crippen LogP contribution in [0.15, 0.2) is 47.9 Å². The minimum atomic E-state index is -0.127. The first kappa shape index (κ1) is 13.2. The van der Waals surface area contributed by atoms with Crippen molar-refractivity contribution in [3.8, 4) is 5.69 Å². The van der Waals surface area contributed by atoms with Gasteiger partial charge in [0.1, 0.15) is 5.82 Å². The van der Waals surface area contributed by atoms with Crippen molar-refractivity contribution < 1.29 is 4.79 Å². The number of rotatable bonds is 3. The van der Waals surface area contributed by atoms with Crippen LogP contribution in [0.4, 0.5) is 5.82 Å². The van der Waals surface area contributed by atoms with Gasteiger partial charge in [-0.25, -0.2) is 4.68 Å². The Morgan fingerprint density at radius 3 is 2.86 bits per heavy atom. The summed E-state index contributed by atoms with van der Waals surface area (Å²) >= 11 is 0. The Bertz CT molecular complexity index is 702. The molecule has 6 heteroatoms. The van der Waals surface area contributed by atoms with Crippen LogP contribution in [0.3, 0.4) is 0 Å². The minimum Gasteiger partial charge on any atom is -0.311 e. The molecule has 106 valence electrons. The third kappa shape index (κ3) is 2.89. The van der Waals surface area contributed by atoms with Crippen LogP contribution in [-0.2, 0) is 4.79 Å². The second-order valence-corrected chi connectivity index (χ2v) is 4.77. The van der Waals surface area contributed by atoms with Gasteiger partial charge in [-0.2, -0.15) is 5.10 Å². The molecule has 0 fully saturated rings. The van der Waals surface area contributed by atoms with Gasteiger partial charge in [0.25, 0.3) is 0 Å². The fourth-order valence-corrected chi connectivity index (χ4v) is 2.22. The molecule has 1 aliphatic heterocycles. The molecule has 3 heterocycles. The van der Waals surface area contributed by atoms with Gasteiger partial charge in [-0.1, -0.05) is 6.08 Å². The lowest BCUT2D eigenvalue weighted by molar-refractivity contribution is -0.114. The summed E-state index contributed by atoms with van der Waals surface area (Å²) in [4.78, 5) is 19.5. The fourth-order valence-electron chi connectivity index (χ4n) is 2.22. The molecule has 3 rings (SSSR count). The van der Waals surface area contributed by atoms with E-state index in [1.807, 2.05) is 30.5 Å². The van der Waals surface area contributed by atoms with Crippen LogP contribution < -0.4 is 5.32 Å². The summed E-state index contributed by atoms with van der Waals surface area (Å²) in [5.74, 6) is 0.704. The highest BCUT2D eigenvalue weighted by molar-refractivity contribution is 5.88. The van der Waals surface area contributed by atoms with Crippen LogP contribution in [0.5, 0.6) is 0 Å². The summed E-state index contributed by atoms with van der Waals surface area (Å²) in [5.41, 5.74) is 1.76. The van der Waals surface area contributed by atoms with Crippen LogP contribution in [0.25, 0.3) is 5.69 Å². The van der Waals surface area contributed by atoms with Crippen LogP contribution >= 0.6 is 0 Å². The summed E-state index contributed by atoms with van der Waals surface area (Å²) in [7, 11) is 0. The second kappa shape index (κ2) is 5.70. The smallest absolute Gasteiger partial charge is 0.222 e. The molecule has 21 heavy (non-hydrogen) atoms. The van der Waals surface area contributed by atoms with Crippen molar-refractivity contribution in [1.29, 1.82) is 0 Å². The third-order valence-corrected chi connectivity index (χ3v) is 3.19. The number of hydrogen-bond donors (Lipinski definition) is 1. The Morgan fingerprint density at radius 1 is 1.38 bits per heavy atom. The van der Waals surface area contributed by atoms with E-state index < -0.39 is 0 Å². The Balaban J connectivity index is 2.01. The lowest BCUT2D eigenvalue weighted by atomic mass is 10.0. The zero-order valence-electron chi connectivity index (χ0n) is 11.6. The molecule has 0 aliphatic carbocycles. The quantitative estimate of drug-likeness (QED) is 0.938. The van der Waals surface area contributed by atoms with E-state index in [-0.39, 0.29) is 11.8 Å². The molecule has 0 aromatic carbocycles. The molecule has 2 aromatic heterocycles. The SMILES string of the molecule is CC(=O)Nc1cc(C2C=CN=CC2)nn1-c1ccncc1. The molecule has 0 spiro atoms. The number of aliphatic imine (C=N–C) groups is 1. The standard InChI is InChI=1S/C15H15N5O/c1-11(21)18-15-10-14(12-2-6-16-7-3-12)19-20(15)13-4-8-17-9-5-13/h2,4-10,12H,3H2,1H3,(H,18,21). The maximum atomic E-state index is 11.4. The van der Waals surface area contributed by atoms with Crippen LogP contribution in [0, 0.1) is 0 Å². The lowest BCUT2D eigenvalue weighted by Gasteiger charge is -2.08. The van der Waals surface area contributed by atoms with Crippen molar-refractivity contribution >= 4 is 17.9 Å². The van der Waals surface area contributed by atoms with Gasteiger partial charge in [0.15, 0.2) is 0 Å². The van der Waals surface area contributed by atoms with E-state index in [1.165, 1.54) is 6.92 Å². The highest BCUT2D eigenvalue weighted by Gasteiger charge is 2.17. The molecule has 1 N–H and O–H groups in total. The van der Waals surface area contributed by atoms with Gasteiger partial charge in [0.2, 0.25) is 5.91 Å². The van der Waals surface area contributed by atoms with Crippen molar-refractivity contribution in [2.75, 3.05) is 5.32 Å². The first-order valence-corrected chi connectivity index (χ1v) is 6.70. The Hall–Kier alpha value is -2.76. The molecular formula is C15H15N5O. The van der Waals surface area contributed by atoms with Gasteiger partial charge < -0.3 is 5.32 Å². The number of carbonyl (C=O) groups excluding carboxylic acids is 1. The molecule has 1 aliphatic rings. The number of amides is 1. The van der Waals surface area contributed by atoms with E-state index in [0.717, 1.165) is 17.8 Å². The van der Waals surface area contributed by atoms with E-state index in [1.54, 1.807) is 23.3 Å². The molecule has 0 bridgehead atoms. The van der Waals surface area contributed by atoms with Crippen molar-refractivity contribution in [3.05, 3.63) is 48.6 Å². The maximum absolute atomic E-state index is 11.4. The number of nitrogens with one attached hydrogen (secondary N) is 1. The van der Waals surface area contributed by atoms with E-state index in [4.69, 9.17) is 0 Å². The number of allylic oxidation sites excluding steroid dienone is 1. The summed E-state index contributed by atoms with van der Waals surface area (Å²) in [5, 5.41) is 7.43. The predicted octanol–water partition coefficient (Wildman–Crippen LogP) is 2.30. The number of nitrogens with zero attached hydrogens (tertiary/aromatic N) is 4. The second-order valence-electron chi connectivity index (χ2n) is 4.77. The summed E-state index contributed by atoms with van der Waals surface area (Å²) in [6, 6.07) is 5.59. The molecule has 0 saturated heterocycles. The van der Waals surface area contributed by atoms with Gasteiger partial charge in [0, 0.05) is 43.7 Å². The first-order valence-electron chi connectivity index (χ1n) is 6.70. The van der Waals surface area contributed by atoms with Crippen molar-refractivity contribution in [1.82, 2.24) is 14.8 Å². The Labute approximate surface area is 122 Å². The van der Waals surface area contributed by atoms with Gasteiger partial charge >= 0.3 is 0 Å². The molecule has 2 aromatic rings. The molecule has 0 radical (unpaired) electrons. The largest absolute Gasteiger partial charge is 0.311 e. The Kier molecular flexibility index (Phi) is 3.59.